The van der Waals surface area contributed by atoms with Crippen LogP contribution >= 0.6 is 11.6 Å². The monoisotopic (exact) mass is 413 g/mol. The van der Waals surface area contributed by atoms with Crippen molar-refractivity contribution in [1.82, 2.24) is 0 Å². The fourth-order valence-electron chi connectivity index (χ4n) is 2.15. The molecule has 2 aromatic carbocycles. The number of benzene rings is 2. The Morgan fingerprint density at radius 2 is 1.81 bits per heavy atom. The van der Waals surface area contributed by atoms with Gasteiger partial charge in [0.05, 0.1) is 17.0 Å². The van der Waals surface area contributed by atoms with Gasteiger partial charge in [0.2, 0.25) is 0 Å². The van der Waals surface area contributed by atoms with E-state index in [0.717, 1.165) is 12.3 Å². The molecule has 0 aliphatic heterocycles. The third-order valence-corrected chi connectivity index (χ3v) is 4.55. The summed E-state index contributed by atoms with van der Waals surface area (Å²) in [5.74, 6) is -2.33. The Labute approximate surface area is 161 Å². The van der Waals surface area contributed by atoms with Gasteiger partial charge in [-0.1, -0.05) is 23.7 Å². The fraction of sp³-hybridized carbons (Fsp3) is 0.222. The zero-order valence-corrected chi connectivity index (χ0v) is 16.1. The molecule has 0 bridgehead atoms. The van der Waals surface area contributed by atoms with Gasteiger partial charge in [-0.05, 0) is 42.8 Å². The highest BCUT2D eigenvalue weighted by atomic mass is 35.5. The lowest BCUT2D eigenvalue weighted by molar-refractivity contribution is -0.123. The van der Waals surface area contributed by atoms with Crippen molar-refractivity contribution in [2.24, 2.45) is 0 Å². The van der Waals surface area contributed by atoms with Crippen LogP contribution < -0.4 is 5.32 Å². The fourth-order valence-corrected chi connectivity index (χ4v) is 3.10. The summed E-state index contributed by atoms with van der Waals surface area (Å²) in [7, 11) is -3.18. The summed E-state index contributed by atoms with van der Waals surface area (Å²) >= 11 is 5.64. The van der Waals surface area contributed by atoms with E-state index in [1.807, 2.05) is 0 Å². The van der Waals surface area contributed by atoms with Crippen molar-refractivity contribution in [1.29, 1.82) is 0 Å². The molecule has 9 heteroatoms. The number of nitrogens with one attached hydrogen (secondary N) is 1. The van der Waals surface area contributed by atoms with Crippen LogP contribution in [0.25, 0.3) is 0 Å². The minimum atomic E-state index is -3.18. The molecule has 144 valence electrons. The highest BCUT2D eigenvalue weighted by Gasteiger charge is 2.20. The minimum absolute atomic E-state index is 0.0857. The Morgan fingerprint density at radius 3 is 2.37 bits per heavy atom. The molecule has 0 aliphatic carbocycles. The van der Waals surface area contributed by atoms with Crippen LogP contribution in [0.4, 0.5) is 10.1 Å². The lowest BCUT2D eigenvalue weighted by atomic mass is 10.1. The Bertz CT molecular complexity index is 960. The summed E-state index contributed by atoms with van der Waals surface area (Å²) < 4.78 is 41.3. The van der Waals surface area contributed by atoms with Crippen molar-refractivity contribution >= 4 is 39.0 Å². The van der Waals surface area contributed by atoms with E-state index in [4.69, 9.17) is 16.3 Å². The summed E-state index contributed by atoms with van der Waals surface area (Å²) in [6, 6.07) is 9.56. The molecule has 0 spiro atoms. The SMILES string of the molecule is C[C@H](OC(=O)c1ccc(CS(C)(=O)=O)cc1)C(=O)Nc1ccc(Cl)cc1F. The van der Waals surface area contributed by atoms with E-state index < -0.39 is 33.6 Å². The van der Waals surface area contributed by atoms with Gasteiger partial charge in [0.15, 0.2) is 15.9 Å². The van der Waals surface area contributed by atoms with Crippen LogP contribution in [0, 0.1) is 5.82 Å². The van der Waals surface area contributed by atoms with E-state index in [2.05, 4.69) is 5.32 Å². The van der Waals surface area contributed by atoms with Crippen LogP contribution in [-0.2, 0) is 25.1 Å². The molecule has 0 heterocycles. The maximum atomic E-state index is 13.7. The third-order valence-electron chi connectivity index (χ3n) is 3.46. The first-order chi connectivity index (χ1) is 12.5. The Balaban J connectivity index is 1.98. The quantitative estimate of drug-likeness (QED) is 0.734. The molecule has 0 aromatic heterocycles. The third kappa shape index (κ3) is 6.33. The van der Waals surface area contributed by atoms with E-state index in [0.29, 0.717) is 5.56 Å². The van der Waals surface area contributed by atoms with E-state index in [1.54, 1.807) is 0 Å². The molecule has 0 saturated carbocycles. The topological polar surface area (TPSA) is 89.5 Å². The zero-order chi connectivity index (χ0) is 20.2. The molecule has 1 N–H and O–H groups in total. The first-order valence-electron chi connectivity index (χ1n) is 7.79. The number of anilines is 1. The molecule has 0 saturated heterocycles. The van der Waals surface area contributed by atoms with Crippen LogP contribution in [0.15, 0.2) is 42.5 Å². The van der Waals surface area contributed by atoms with Gasteiger partial charge in [0, 0.05) is 11.3 Å². The van der Waals surface area contributed by atoms with Gasteiger partial charge >= 0.3 is 5.97 Å². The molecule has 1 amide bonds. The van der Waals surface area contributed by atoms with Crippen LogP contribution in [0.5, 0.6) is 0 Å². The summed E-state index contributed by atoms with van der Waals surface area (Å²) in [5, 5.41) is 2.50. The van der Waals surface area contributed by atoms with Crippen molar-refractivity contribution < 1.29 is 27.1 Å². The number of ether oxygens (including phenoxy) is 1. The molecule has 0 radical (unpaired) electrons. The number of hydrogen-bond donors (Lipinski definition) is 1. The molecule has 27 heavy (non-hydrogen) atoms. The molecule has 2 aromatic rings. The lowest BCUT2D eigenvalue weighted by Gasteiger charge is -2.14. The molecular weight excluding hydrogens is 397 g/mol. The minimum Gasteiger partial charge on any atom is -0.449 e. The van der Waals surface area contributed by atoms with Crippen molar-refractivity contribution in [2.45, 2.75) is 18.8 Å². The van der Waals surface area contributed by atoms with Gasteiger partial charge in [-0.15, -0.1) is 0 Å². The second-order valence-corrected chi connectivity index (χ2v) is 8.50. The molecule has 0 unspecified atom stereocenters. The van der Waals surface area contributed by atoms with Crippen LogP contribution in [0.2, 0.25) is 5.02 Å². The Hall–Kier alpha value is -2.45. The average molecular weight is 414 g/mol. The Kier molecular flexibility index (Phi) is 6.56. The predicted molar refractivity (Wildman–Crippen MR) is 99.9 cm³/mol. The first-order valence-corrected chi connectivity index (χ1v) is 10.2. The van der Waals surface area contributed by atoms with Gasteiger partial charge in [-0.2, -0.15) is 0 Å². The number of rotatable bonds is 6. The molecule has 0 fully saturated rings. The number of sulfone groups is 1. The first kappa shape index (κ1) is 20.9. The van der Waals surface area contributed by atoms with E-state index in [9.17, 15) is 22.4 Å². The normalized spacial score (nSPS) is 12.3. The summed E-state index contributed by atoms with van der Waals surface area (Å²) in [6.45, 7) is 1.35. The number of carbonyl (C=O) groups is 2. The molecule has 1 atom stereocenters. The van der Waals surface area contributed by atoms with Crippen LogP contribution in [-0.4, -0.2) is 32.7 Å². The smallest absolute Gasteiger partial charge is 0.338 e. The highest BCUT2D eigenvalue weighted by Crippen LogP contribution is 2.19. The summed E-state index contributed by atoms with van der Waals surface area (Å²) in [6.07, 6.45) is -0.0674. The van der Waals surface area contributed by atoms with E-state index >= 15 is 0 Å². The maximum Gasteiger partial charge on any atom is 0.338 e. The molecular formula is C18H17ClFNO5S. The van der Waals surface area contributed by atoms with Crippen molar-refractivity contribution in [3.8, 4) is 0 Å². The standard InChI is InChI=1S/C18H17ClFNO5S/c1-11(17(22)21-16-8-7-14(19)9-15(16)20)26-18(23)13-5-3-12(4-6-13)10-27(2,24)25/h3-9,11H,10H2,1-2H3,(H,21,22)/t11-/m0/s1. The largest absolute Gasteiger partial charge is 0.449 e. The highest BCUT2D eigenvalue weighted by molar-refractivity contribution is 7.89. The van der Waals surface area contributed by atoms with Gasteiger partial charge in [-0.3, -0.25) is 4.79 Å². The summed E-state index contributed by atoms with van der Waals surface area (Å²) in [4.78, 5) is 24.2. The number of amides is 1. The average Bonchev–Trinajstić information content (AvgIpc) is 2.56. The molecule has 2 rings (SSSR count). The maximum absolute atomic E-state index is 13.7. The van der Waals surface area contributed by atoms with Crippen LogP contribution in [0.1, 0.15) is 22.8 Å². The van der Waals surface area contributed by atoms with Gasteiger partial charge < -0.3 is 10.1 Å². The predicted octanol–water partition coefficient (Wildman–Crippen LogP) is 3.21. The second kappa shape index (κ2) is 8.49. The lowest BCUT2D eigenvalue weighted by Crippen LogP contribution is -2.30. The van der Waals surface area contributed by atoms with E-state index in [1.165, 1.54) is 43.3 Å². The number of hydrogen-bond acceptors (Lipinski definition) is 5. The number of halogens is 2. The van der Waals surface area contributed by atoms with Crippen molar-refractivity contribution in [2.75, 3.05) is 11.6 Å². The second-order valence-electron chi connectivity index (χ2n) is 5.93. The van der Waals surface area contributed by atoms with Gasteiger partial charge in [0.1, 0.15) is 5.82 Å². The summed E-state index contributed by atoms with van der Waals surface area (Å²) in [5.41, 5.74) is 0.597. The zero-order valence-electron chi connectivity index (χ0n) is 14.5. The van der Waals surface area contributed by atoms with Crippen molar-refractivity contribution in [3.63, 3.8) is 0 Å². The molecule has 0 aliphatic rings. The van der Waals surface area contributed by atoms with E-state index in [-0.39, 0.29) is 22.0 Å². The Morgan fingerprint density at radius 1 is 1.19 bits per heavy atom. The number of esters is 1. The van der Waals surface area contributed by atoms with Crippen LogP contribution in [0.3, 0.4) is 0 Å². The molecule has 6 nitrogen and oxygen atoms in total. The number of carbonyl (C=O) groups excluding carboxylic acids is 2. The van der Waals surface area contributed by atoms with Gasteiger partial charge in [0.25, 0.3) is 5.91 Å². The van der Waals surface area contributed by atoms with Crippen molar-refractivity contribution in [3.05, 3.63) is 64.4 Å². The van der Waals surface area contributed by atoms with Gasteiger partial charge in [-0.25, -0.2) is 17.6 Å².